The summed E-state index contributed by atoms with van der Waals surface area (Å²) >= 11 is 0. The minimum Gasteiger partial charge on any atom is -0.480 e. The van der Waals surface area contributed by atoms with Crippen LogP contribution in [0.4, 0.5) is 0 Å². The molecule has 0 aromatic carbocycles. The zero-order valence-electron chi connectivity index (χ0n) is 11.5. The monoisotopic (exact) mass is 254 g/mol. The molecule has 0 radical (unpaired) electrons. The third-order valence-electron chi connectivity index (χ3n) is 4.48. The second-order valence-electron chi connectivity index (χ2n) is 5.97. The minimum absolute atomic E-state index is 0.204. The van der Waals surface area contributed by atoms with E-state index in [-0.39, 0.29) is 6.54 Å². The van der Waals surface area contributed by atoms with Crippen molar-refractivity contribution in [2.45, 2.75) is 45.1 Å². The summed E-state index contributed by atoms with van der Waals surface area (Å²) in [5.41, 5.74) is 0. The van der Waals surface area contributed by atoms with Gasteiger partial charge in [-0.3, -0.25) is 14.6 Å². The lowest BCUT2D eigenvalue weighted by Crippen LogP contribution is -2.40. The summed E-state index contributed by atoms with van der Waals surface area (Å²) in [6.07, 6.45) is 6.50. The Balaban J connectivity index is 1.79. The molecule has 4 heteroatoms. The van der Waals surface area contributed by atoms with E-state index < -0.39 is 5.97 Å². The number of aliphatic carboxylic acids is 1. The molecule has 4 nitrogen and oxygen atoms in total. The molecule has 0 amide bonds. The molecule has 104 valence electrons. The SMILES string of the molecule is CC1CCC(N2CCCN(CC(=O)O)CC2)CC1. The summed E-state index contributed by atoms with van der Waals surface area (Å²) < 4.78 is 0. The summed E-state index contributed by atoms with van der Waals surface area (Å²) in [4.78, 5) is 15.4. The number of rotatable bonds is 3. The Morgan fingerprint density at radius 3 is 2.50 bits per heavy atom. The molecule has 0 atom stereocenters. The molecule has 18 heavy (non-hydrogen) atoms. The van der Waals surface area contributed by atoms with Crippen molar-refractivity contribution in [3.8, 4) is 0 Å². The Bertz CT molecular complexity index is 275. The third kappa shape index (κ3) is 3.95. The van der Waals surface area contributed by atoms with Crippen molar-refractivity contribution >= 4 is 5.97 Å². The van der Waals surface area contributed by atoms with E-state index in [1.807, 2.05) is 0 Å². The van der Waals surface area contributed by atoms with Crippen LogP contribution in [0.2, 0.25) is 0 Å². The Hall–Kier alpha value is -0.610. The topological polar surface area (TPSA) is 43.8 Å². The van der Waals surface area contributed by atoms with E-state index in [4.69, 9.17) is 5.11 Å². The lowest BCUT2D eigenvalue weighted by Gasteiger charge is -2.35. The van der Waals surface area contributed by atoms with Crippen molar-refractivity contribution in [1.29, 1.82) is 0 Å². The van der Waals surface area contributed by atoms with Crippen molar-refractivity contribution in [3.63, 3.8) is 0 Å². The molecule has 1 heterocycles. The lowest BCUT2D eigenvalue weighted by atomic mass is 9.86. The number of hydrogen-bond donors (Lipinski definition) is 1. The third-order valence-corrected chi connectivity index (χ3v) is 4.48. The largest absolute Gasteiger partial charge is 0.480 e. The van der Waals surface area contributed by atoms with Crippen molar-refractivity contribution in [3.05, 3.63) is 0 Å². The second-order valence-corrected chi connectivity index (χ2v) is 5.97. The van der Waals surface area contributed by atoms with Gasteiger partial charge in [-0.05, 0) is 44.6 Å². The molecule has 2 fully saturated rings. The first-order chi connectivity index (χ1) is 8.65. The maximum Gasteiger partial charge on any atom is 0.317 e. The smallest absolute Gasteiger partial charge is 0.317 e. The zero-order valence-corrected chi connectivity index (χ0v) is 11.5. The van der Waals surface area contributed by atoms with Crippen LogP contribution in [0.25, 0.3) is 0 Å². The Morgan fingerprint density at radius 1 is 1.11 bits per heavy atom. The Kier molecular flexibility index (Phi) is 5.01. The van der Waals surface area contributed by atoms with Crippen LogP contribution in [0.3, 0.4) is 0 Å². The van der Waals surface area contributed by atoms with Gasteiger partial charge in [-0.1, -0.05) is 6.92 Å². The van der Waals surface area contributed by atoms with Crippen LogP contribution in [0, 0.1) is 5.92 Å². The van der Waals surface area contributed by atoms with Gasteiger partial charge in [0.15, 0.2) is 0 Å². The molecule has 2 aliphatic rings. The molecule has 1 aliphatic carbocycles. The van der Waals surface area contributed by atoms with Crippen LogP contribution >= 0.6 is 0 Å². The molecule has 0 aromatic rings. The van der Waals surface area contributed by atoms with Crippen LogP contribution in [-0.4, -0.2) is 59.6 Å². The first-order valence-electron chi connectivity index (χ1n) is 7.33. The second kappa shape index (κ2) is 6.53. The average Bonchev–Trinajstić information content (AvgIpc) is 2.55. The van der Waals surface area contributed by atoms with Crippen LogP contribution in [0.5, 0.6) is 0 Å². The highest BCUT2D eigenvalue weighted by Gasteiger charge is 2.26. The van der Waals surface area contributed by atoms with Gasteiger partial charge in [0, 0.05) is 25.7 Å². The van der Waals surface area contributed by atoms with Crippen LogP contribution in [-0.2, 0) is 4.79 Å². The maximum absolute atomic E-state index is 10.7. The first-order valence-corrected chi connectivity index (χ1v) is 7.33. The number of nitrogens with zero attached hydrogens (tertiary/aromatic N) is 2. The molecule has 1 saturated carbocycles. The van der Waals surface area contributed by atoms with E-state index in [1.54, 1.807) is 0 Å². The number of carbonyl (C=O) groups is 1. The lowest BCUT2D eigenvalue weighted by molar-refractivity contribution is -0.138. The van der Waals surface area contributed by atoms with E-state index in [0.29, 0.717) is 0 Å². The standard InChI is InChI=1S/C14H26N2O2/c1-12-3-5-13(6-4-12)16-8-2-7-15(9-10-16)11-14(17)18/h12-13H,2-11H2,1H3,(H,17,18). The predicted molar refractivity (Wildman–Crippen MR) is 71.7 cm³/mol. The number of hydrogen-bond acceptors (Lipinski definition) is 3. The summed E-state index contributed by atoms with van der Waals surface area (Å²) in [5, 5.41) is 8.85. The highest BCUT2D eigenvalue weighted by atomic mass is 16.4. The highest BCUT2D eigenvalue weighted by Crippen LogP contribution is 2.27. The molecular weight excluding hydrogens is 228 g/mol. The van der Waals surface area contributed by atoms with Gasteiger partial charge in [0.25, 0.3) is 0 Å². The minimum atomic E-state index is -0.699. The Labute approximate surface area is 110 Å². The molecule has 0 bridgehead atoms. The number of carboxylic acid groups (broad SMARTS) is 1. The van der Waals surface area contributed by atoms with Crippen molar-refractivity contribution in [2.75, 3.05) is 32.7 Å². The van der Waals surface area contributed by atoms with Crippen molar-refractivity contribution in [2.24, 2.45) is 5.92 Å². The summed E-state index contributed by atoms with van der Waals surface area (Å²) in [5.74, 6) is 0.201. The molecule has 0 spiro atoms. The Morgan fingerprint density at radius 2 is 1.83 bits per heavy atom. The molecular formula is C14H26N2O2. The number of carboxylic acids is 1. The van der Waals surface area contributed by atoms with Gasteiger partial charge in [-0.25, -0.2) is 0 Å². The van der Waals surface area contributed by atoms with Crippen LogP contribution in [0.15, 0.2) is 0 Å². The van der Waals surface area contributed by atoms with Gasteiger partial charge in [0.1, 0.15) is 0 Å². The predicted octanol–water partition coefficient (Wildman–Crippen LogP) is 1.66. The fraction of sp³-hybridized carbons (Fsp3) is 0.929. The van der Waals surface area contributed by atoms with E-state index in [0.717, 1.165) is 44.6 Å². The summed E-state index contributed by atoms with van der Waals surface area (Å²) in [6, 6.07) is 0.756. The molecule has 0 unspecified atom stereocenters. The zero-order chi connectivity index (χ0) is 13.0. The quantitative estimate of drug-likeness (QED) is 0.832. The van der Waals surface area contributed by atoms with Crippen molar-refractivity contribution in [1.82, 2.24) is 9.80 Å². The summed E-state index contributed by atoms with van der Waals surface area (Å²) in [7, 11) is 0. The molecule has 2 rings (SSSR count). The van der Waals surface area contributed by atoms with Crippen LogP contribution < -0.4 is 0 Å². The average molecular weight is 254 g/mol. The first kappa shape index (κ1) is 13.8. The molecule has 0 aromatic heterocycles. The van der Waals surface area contributed by atoms with Gasteiger partial charge in [0.05, 0.1) is 6.54 Å². The van der Waals surface area contributed by atoms with Gasteiger partial charge < -0.3 is 5.11 Å². The van der Waals surface area contributed by atoms with Gasteiger partial charge in [-0.15, -0.1) is 0 Å². The fourth-order valence-electron chi connectivity index (χ4n) is 3.31. The molecule has 1 saturated heterocycles. The van der Waals surface area contributed by atoms with Gasteiger partial charge in [-0.2, -0.15) is 0 Å². The van der Waals surface area contributed by atoms with Crippen molar-refractivity contribution < 1.29 is 9.90 Å². The van der Waals surface area contributed by atoms with E-state index in [2.05, 4.69) is 16.7 Å². The van der Waals surface area contributed by atoms with E-state index in [1.165, 1.54) is 25.7 Å². The van der Waals surface area contributed by atoms with Crippen LogP contribution in [0.1, 0.15) is 39.0 Å². The fourth-order valence-corrected chi connectivity index (χ4v) is 3.31. The van der Waals surface area contributed by atoms with E-state index >= 15 is 0 Å². The maximum atomic E-state index is 10.7. The van der Waals surface area contributed by atoms with Gasteiger partial charge >= 0.3 is 5.97 Å². The molecule has 1 N–H and O–H groups in total. The normalized spacial score (nSPS) is 32.1. The van der Waals surface area contributed by atoms with E-state index in [9.17, 15) is 4.79 Å². The highest BCUT2D eigenvalue weighted by molar-refractivity contribution is 5.69. The summed E-state index contributed by atoms with van der Waals surface area (Å²) in [6.45, 7) is 6.61. The van der Waals surface area contributed by atoms with Gasteiger partial charge in [0.2, 0.25) is 0 Å². The molecule has 1 aliphatic heterocycles.